The van der Waals surface area contributed by atoms with E-state index < -0.39 is 5.60 Å². The summed E-state index contributed by atoms with van der Waals surface area (Å²) in [5.41, 5.74) is 1.03. The van der Waals surface area contributed by atoms with Crippen molar-refractivity contribution in [1.29, 1.82) is 0 Å². The zero-order valence-corrected chi connectivity index (χ0v) is 16.4. The molecular weight excluding hydrogens is 326 g/mol. The van der Waals surface area contributed by atoms with Gasteiger partial charge in [-0.2, -0.15) is 0 Å². The van der Waals surface area contributed by atoms with Gasteiger partial charge in [0.1, 0.15) is 5.82 Å². The fourth-order valence-electron chi connectivity index (χ4n) is 5.79. The average Bonchev–Trinajstić information content (AvgIpc) is 2.47. The first-order valence-electron chi connectivity index (χ1n) is 9.98. The quantitative estimate of drug-likeness (QED) is 0.872. The number of aryl methyl sites for hydroxylation is 1. The maximum atomic E-state index is 13.1. The van der Waals surface area contributed by atoms with E-state index in [2.05, 4.69) is 36.1 Å². The smallest absolute Gasteiger partial charge is 0.254 e. The molecule has 5 heteroatoms. The Kier molecular flexibility index (Phi) is 4.14. The highest BCUT2D eigenvalue weighted by molar-refractivity contribution is 5.95. The molecule has 0 radical (unpaired) electrons. The van der Waals surface area contributed by atoms with E-state index in [-0.39, 0.29) is 17.4 Å². The van der Waals surface area contributed by atoms with Gasteiger partial charge in [-0.3, -0.25) is 4.79 Å². The number of aromatic nitrogens is 2. The largest absolute Gasteiger partial charge is 0.390 e. The Labute approximate surface area is 156 Å². The van der Waals surface area contributed by atoms with Crippen LogP contribution in [0, 0.1) is 30.1 Å². The molecule has 4 bridgehead atoms. The second-order valence-electron chi connectivity index (χ2n) is 10.2. The van der Waals surface area contributed by atoms with Gasteiger partial charge in [-0.15, -0.1) is 0 Å². The molecule has 2 atom stereocenters. The Morgan fingerprint density at radius 1 is 1.27 bits per heavy atom. The number of nitrogens with one attached hydrogen (secondary N) is 1. The fraction of sp³-hybridized carbons (Fsp3) is 0.762. The first-order valence-corrected chi connectivity index (χ1v) is 9.98. The van der Waals surface area contributed by atoms with Crippen molar-refractivity contribution >= 4 is 5.91 Å². The Morgan fingerprint density at radius 3 is 2.50 bits per heavy atom. The van der Waals surface area contributed by atoms with Crippen LogP contribution in [-0.4, -0.2) is 32.6 Å². The van der Waals surface area contributed by atoms with Gasteiger partial charge in [0.05, 0.1) is 16.9 Å². The van der Waals surface area contributed by atoms with Crippen LogP contribution in [0.25, 0.3) is 0 Å². The molecule has 5 nitrogen and oxygen atoms in total. The Hall–Kier alpha value is -1.49. The molecule has 0 aromatic carbocycles. The zero-order chi connectivity index (χ0) is 18.7. The van der Waals surface area contributed by atoms with Crippen LogP contribution in [0.5, 0.6) is 0 Å². The molecule has 1 aromatic rings. The van der Waals surface area contributed by atoms with Crippen LogP contribution >= 0.6 is 0 Å². The lowest BCUT2D eigenvalue weighted by Gasteiger charge is -2.58. The fourth-order valence-corrected chi connectivity index (χ4v) is 5.79. The van der Waals surface area contributed by atoms with Crippen molar-refractivity contribution in [3.8, 4) is 0 Å². The topological polar surface area (TPSA) is 75.1 Å². The lowest BCUT2D eigenvalue weighted by molar-refractivity contribution is -0.136. The summed E-state index contributed by atoms with van der Waals surface area (Å²) >= 11 is 0. The van der Waals surface area contributed by atoms with Crippen molar-refractivity contribution in [2.45, 2.75) is 77.9 Å². The summed E-state index contributed by atoms with van der Waals surface area (Å²) < 4.78 is 0. The molecule has 1 aromatic heterocycles. The summed E-state index contributed by atoms with van der Waals surface area (Å²) in [4.78, 5) is 21.9. The third-order valence-electron chi connectivity index (χ3n) is 6.47. The number of amides is 1. The molecule has 4 aliphatic carbocycles. The molecule has 0 spiro atoms. The lowest BCUT2D eigenvalue weighted by atomic mass is 9.52. The van der Waals surface area contributed by atoms with Gasteiger partial charge in [-0.1, -0.05) is 20.8 Å². The summed E-state index contributed by atoms with van der Waals surface area (Å²) in [6, 6.07) is 0.183. The second-order valence-corrected chi connectivity index (χ2v) is 10.2. The summed E-state index contributed by atoms with van der Waals surface area (Å²) in [5.74, 6) is 2.12. The Bertz CT molecular complexity index is 708. The second kappa shape index (κ2) is 6.01. The maximum absolute atomic E-state index is 13.1. The normalized spacial score (nSPS) is 35.6. The van der Waals surface area contributed by atoms with Crippen LogP contribution in [0.1, 0.15) is 74.8 Å². The molecule has 142 valence electrons. The number of carbonyl (C=O) groups excluding carboxylic acids is 1. The SMILES string of the molecule is Cc1ncc(C(=O)NC2C3CC4CC2CC(O)(C4)C3)c(CC(C)(C)C)n1. The highest BCUT2D eigenvalue weighted by atomic mass is 16.3. The third-order valence-corrected chi connectivity index (χ3v) is 6.47. The minimum absolute atomic E-state index is 0.0475. The van der Waals surface area contributed by atoms with E-state index in [0.717, 1.165) is 44.2 Å². The first kappa shape index (κ1) is 17.9. The summed E-state index contributed by atoms with van der Waals surface area (Å²) in [7, 11) is 0. The van der Waals surface area contributed by atoms with Gasteiger partial charge in [0, 0.05) is 12.2 Å². The lowest BCUT2D eigenvalue weighted by Crippen LogP contribution is -2.61. The highest BCUT2D eigenvalue weighted by Gasteiger charge is 2.55. The Morgan fingerprint density at radius 2 is 1.92 bits per heavy atom. The molecule has 5 rings (SSSR count). The monoisotopic (exact) mass is 357 g/mol. The van der Waals surface area contributed by atoms with E-state index in [1.807, 2.05) is 6.92 Å². The van der Waals surface area contributed by atoms with Gasteiger partial charge < -0.3 is 10.4 Å². The number of nitrogens with zero attached hydrogens (tertiary/aromatic N) is 2. The molecule has 4 saturated carbocycles. The number of hydrogen-bond acceptors (Lipinski definition) is 4. The molecule has 26 heavy (non-hydrogen) atoms. The zero-order valence-electron chi connectivity index (χ0n) is 16.4. The predicted octanol–water partition coefficient (Wildman–Crippen LogP) is 3.04. The van der Waals surface area contributed by atoms with E-state index in [9.17, 15) is 9.90 Å². The van der Waals surface area contributed by atoms with Crippen molar-refractivity contribution in [2.24, 2.45) is 23.2 Å². The van der Waals surface area contributed by atoms with Gasteiger partial charge in [-0.25, -0.2) is 9.97 Å². The van der Waals surface area contributed by atoms with Crippen LogP contribution in [-0.2, 0) is 6.42 Å². The number of hydrogen-bond donors (Lipinski definition) is 2. The molecule has 2 N–H and O–H groups in total. The van der Waals surface area contributed by atoms with Crippen LogP contribution in [0.15, 0.2) is 6.20 Å². The minimum Gasteiger partial charge on any atom is -0.390 e. The first-order chi connectivity index (χ1) is 12.1. The van der Waals surface area contributed by atoms with Gasteiger partial charge in [0.2, 0.25) is 0 Å². The molecule has 0 aliphatic heterocycles. The summed E-state index contributed by atoms with van der Waals surface area (Å²) in [6.07, 6.45) is 7.35. The predicted molar refractivity (Wildman–Crippen MR) is 99.7 cm³/mol. The van der Waals surface area contributed by atoms with E-state index in [4.69, 9.17) is 0 Å². The Balaban J connectivity index is 1.54. The van der Waals surface area contributed by atoms with E-state index in [0.29, 0.717) is 29.1 Å². The van der Waals surface area contributed by atoms with Crippen molar-refractivity contribution in [3.63, 3.8) is 0 Å². The van der Waals surface area contributed by atoms with Crippen molar-refractivity contribution in [3.05, 3.63) is 23.3 Å². The minimum atomic E-state index is -0.470. The number of carbonyl (C=O) groups is 1. The van der Waals surface area contributed by atoms with Crippen LogP contribution in [0.4, 0.5) is 0 Å². The van der Waals surface area contributed by atoms with Crippen molar-refractivity contribution in [1.82, 2.24) is 15.3 Å². The summed E-state index contributed by atoms with van der Waals surface area (Å²) in [6.45, 7) is 8.34. The standard InChI is InChI=1S/C21H31N3O2/c1-12-22-11-16(17(23-12)10-20(2,3)4)19(25)24-18-14-5-13-6-15(18)9-21(26,7-13)8-14/h11,13-15,18,26H,5-10H2,1-4H3,(H,24,25). The van der Waals surface area contributed by atoms with E-state index in [1.165, 1.54) is 0 Å². The van der Waals surface area contributed by atoms with Crippen LogP contribution in [0.2, 0.25) is 0 Å². The number of rotatable bonds is 3. The number of aliphatic hydroxyl groups is 1. The van der Waals surface area contributed by atoms with Gasteiger partial charge in [0.25, 0.3) is 5.91 Å². The molecule has 2 unspecified atom stereocenters. The van der Waals surface area contributed by atoms with Gasteiger partial charge in [-0.05, 0) is 68.6 Å². The molecular formula is C21H31N3O2. The van der Waals surface area contributed by atoms with Crippen LogP contribution < -0.4 is 5.32 Å². The average molecular weight is 357 g/mol. The molecule has 4 aliphatic rings. The molecule has 4 fully saturated rings. The van der Waals surface area contributed by atoms with Crippen molar-refractivity contribution in [2.75, 3.05) is 0 Å². The molecule has 1 heterocycles. The van der Waals surface area contributed by atoms with E-state index in [1.54, 1.807) is 6.20 Å². The maximum Gasteiger partial charge on any atom is 0.254 e. The van der Waals surface area contributed by atoms with E-state index >= 15 is 0 Å². The van der Waals surface area contributed by atoms with Crippen molar-refractivity contribution < 1.29 is 9.90 Å². The summed E-state index contributed by atoms with van der Waals surface area (Å²) in [5, 5.41) is 14.1. The van der Waals surface area contributed by atoms with Gasteiger partial charge in [0.15, 0.2) is 0 Å². The third kappa shape index (κ3) is 3.38. The van der Waals surface area contributed by atoms with Gasteiger partial charge >= 0.3 is 0 Å². The highest BCUT2D eigenvalue weighted by Crippen LogP contribution is 2.55. The molecule has 1 amide bonds. The van der Waals surface area contributed by atoms with Crippen LogP contribution in [0.3, 0.4) is 0 Å². The molecule has 0 saturated heterocycles.